The average molecular weight is 299 g/mol. The highest BCUT2D eigenvalue weighted by atomic mass is 32.2. The summed E-state index contributed by atoms with van der Waals surface area (Å²) in [6.45, 7) is 3.82. The molecule has 1 aliphatic heterocycles. The van der Waals surface area contributed by atoms with Crippen LogP contribution in [0.15, 0.2) is 23.1 Å². The first-order valence-electron chi connectivity index (χ1n) is 6.39. The van der Waals surface area contributed by atoms with Crippen molar-refractivity contribution in [1.29, 1.82) is 0 Å². The molecule has 0 atom stereocenters. The predicted molar refractivity (Wildman–Crippen MR) is 74.1 cm³/mol. The first-order valence-corrected chi connectivity index (χ1v) is 7.83. The summed E-state index contributed by atoms with van der Waals surface area (Å²) >= 11 is 0. The Morgan fingerprint density at radius 2 is 2.05 bits per heavy atom. The van der Waals surface area contributed by atoms with Gasteiger partial charge in [0.05, 0.1) is 9.82 Å². The van der Waals surface area contributed by atoms with Crippen molar-refractivity contribution < 1.29 is 13.3 Å². The monoisotopic (exact) mass is 299 g/mol. The van der Waals surface area contributed by atoms with Crippen LogP contribution in [0.1, 0.15) is 12.0 Å². The molecule has 1 aliphatic rings. The zero-order valence-corrected chi connectivity index (χ0v) is 12.0. The van der Waals surface area contributed by atoms with Gasteiger partial charge in [0.15, 0.2) is 0 Å². The number of nitro groups is 1. The average Bonchev–Trinajstić information content (AvgIpc) is 2.68. The Balaban J connectivity index is 2.42. The number of hydrogen-bond acceptors (Lipinski definition) is 5. The molecule has 0 aliphatic carbocycles. The lowest BCUT2D eigenvalue weighted by atomic mass is 10.2. The zero-order valence-electron chi connectivity index (χ0n) is 11.2. The molecule has 1 heterocycles. The van der Waals surface area contributed by atoms with Crippen molar-refractivity contribution >= 4 is 15.7 Å². The number of nitrogens with zero attached hydrogens (tertiary/aromatic N) is 2. The van der Waals surface area contributed by atoms with Crippen molar-refractivity contribution in [2.45, 2.75) is 18.2 Å². The third-order valence-corrected chi connectivity index (χ3v) is 5.34. The molecular formula is C12H17N3O4S. The van der Waals surface area contributed by atoms with Crippen molar-refractivity contribution in [2.24, 2.45) is 0 Å². The van der Waals surface area contributed by atoms with Crippen molar-refractivity contribution in [1.82, 2.24) is 9.62 Å². The SMILES string of the molecule is Cc1ccc([N+](=O)[O-])cc1S(=O)(=O)N1CCCNCC1. The number of aryl methyl sites for hydroxylation is 1. The number of hydrogen-bond donors (Lipinski definition) is 1. The van der Waals surface area contributed by atoms with Crippen LogP contribution in [-0.2, 0) is 10.0 Å². The number of sulfonamides is 1. The first kappa shape index (κ1) is 14.9. The second-order valence-corrected chi connectivity index (χ2v) is 6.62. The van der Waals surface area contributed by atoms with Gasteiger partial charge in [0.25, 0.3) is 5.69 Å². The predicted octanol–water partition coefficient (Wildman–Crippen LogP) is 0.887. The molecule has 7 nitrogen and oxygen atoms in total. The third-order valence-electron chi connectivity index (χ3n) is 3.30. The topological polar surface area (TPSA) is 92.5 Å². The number of nitrogens with one attached hydrogen (secondary N) is 1. The van der Waals surface area contributed by atoms with Gasteiger partial charge in [0.1, 0.15) is 0 Å². The highest BCUT2D eigenvalue weighted by Gasteiger charge is 2.28. The van der Waals surface area contributed by atoms with E-state index in [4.69, 9.17) is 0 Å². The molecule has 1 aromatic carbocycles. The summed E-state index contributed by atoms with van der Waals surface area (Å²) < 4.78 is 26.6. The smallest absolute Gasteiger partial charge is 0.270 e. The Morgan fingerprint density at radius 1 is 1.30 bits per heavy atom. The molecule has 8 heteroatoms. The standard InChI is InChI=1S/C12H17N3O4S/c1-10-3-4-11(15(16)17)9-12(10)20(18,19)14-7-2-5-13-6-8-14/h3-4,9,13H,2,5-8H2,1H3. The van der Waals surface area contributed by atoms with Gasteiger partial charge in [0.2, 0.25) is 10.0 Å². The van der Waals surface area contributed by atoms with Crippen LogP contribution in [0.2, 0.25) is 0 Å². The molecule has 0 saturated carbocycles. The molecular weight excluding hydrogens is 282 g/mol. The summed E-state index contributed by atoms with van der Waals surface area (Å²) in [4.78, 5) is 10.3. The minimum absolute atomic E-state index is 0.0219. The molecule has 20 heavy (non-hydrogen) atoms. The van der Waals surface area contributed by atoms with Crippen LogP contribution >= 0.6 is 0 Å². The van der Waals surface area contributed by atoms with Gasteiger partial charge in [-0.05, 0) is 25.5 Å². The Labute approximate surface area is 117 Å². The number of non-ortho nitro benzene ring substituents is 1. The van der Waals surface area contributed by atoms with Gasteiger partial charge in [-0.3, -0.25) is 10.1 Å². The summed E-state index contributed by atoms with van der Waals surface area (Å²) in [6, 6.07) is 3.93. The summed E-state index contributed by atoms with van der Waals surface area (Å²) in [6.07, 6.45) is 0.729. The molecule has 0 spiro atoms. The second-order valence-electron chi connectivity index (χ2n) is 4.71. The van der Waals surface area contributed by atoms with E-state index in [0.717, 1.165) is 19.0 Å². The fraction of sp³-hybridized carbons (Fsp3) is 0.500. The van der Waals surface area contributed by atoms with E-state index in [-0.39, 0.29) is 10.6 Å². The molecule has 0 amide bonds. The summed E-state index contributed by atoms with van der Waals surface area (Å²) in [7, 11) is -3.68. The van der Waals surface area contributed by atoms with Gasteiger partial charge >= 0.3 is 0 Å². The van der Waals surface area contributed by atoms with Crippen LogP contribution < -0.4 is 5.32 Å². The molecule has 0 radical (unpaired) electrons. The minimum atomic E-state index is -3.68. The van der Waals surface area contributed by atoms with Gasteiger partial charge in [-0.1, -0.05) is 6.07 Å². The van der Waals surface area contributed by atoms with Crippen molar-refractivity contribution in [3.8, 4) is 0 Å². The fourth-order valence-corrected chi connectivity index (χ4v) is 3.90. The van der Waals surface area contributed by atoms with Crippen LogP contribution in [-0.4, -0.2) is 43.8 Å². The van der Waals surface area contributed by atoms with E-state index < -0.39 is 14.9 Å². The quantitative estimate of drug-likeness (QED) is 0.661. The minimum Gasteiger partial charge on any atom is -0.315 e. The molecule has 1 fully saturated rings. The van der Waals surface area contributed by atoms with Gasteiger partial charge in [-0.25, -0.2) is 8.42 Å². The van der Waals surface area contributed by atoms with E-state index in [1.54, 1.807) is 6.92 Å². The number of nitro benzene ring substituents is 1. The summed E-state index contributed by atoms with van der Waals surface area (Å²) in [5.74, 6) is 0. The molecule has 1 saturated heterocycles. The van der Waals surface area contributed by atoms with E-state index in [2.05, 4.69) is 5.32 Å². The van der Waals surface area contributed by atoms with E-state index in [9.17, 15) is 18.5 Å². The van der Waals surface area contributed by atoms with Crippen LogP contribution in [0.4, 0.5) is 5.69 Å². The summed E-state index contributed by atoms with van der Waals surface area (Å²) in [5, 5.41) is 13.9. The molecule has 1 N–H and O–H groups in total. The number of benzene rings is 1. The normalized spacial score (nSPS) is 17.6. The van der Waals surface area contributed by atoms with Crippen LogP contribution in [0, 0.1) is 17.0 Å². The maximum atomic E-state index is 12.6. The summed E-state index contributed by atoms with van der Waals surface area (Å²) in [5.41, 5.74) is 0.315. The van der Waals surface area contributed by atoms with E-state index in [1.165, 1.54) is 16.4 Å². The fourth-order valence-electron chi connectivity index (χ4n) is 2.18. The van der Waals surface area contributed by atoms with Crippen molar-refractivity contribution in [2.75, 3.05) is 26.2 Å². The molecule has 0 aromatic heterocycles. The van der Waals surface area contributed by atoms with Crippen molar-refractivity contribution in [3.63, 3.8) is 0 Å². The Hall–Kier alpha value is -1.51. The lowest BCUT2D eigenvalue weighted by Gasteiger charge is -2.20. The highest BCUT2D eigenvalue weighted by molar-refractivity contribution is 7.89. The van der Waals surface area contributed by atoms with E-state index in [1.807, 2.05) is 0 Å². The van der Waals surface area contributed by atoms with Gasteiger partial charge in [-0.2, -0.15) is 4.31 Å². The van der Waals surface area contributed by atoms with Gasteiger partial charge in [-0.15, -0.1) is 0 Å². The van der Waals surface area contributed by atoms with Crippen molar-refractivity contribution in [3.05, 3.63) is 33.9 Å². The van der Waals surface area contributed by atoms with Crippen LogP contribution in [0.5, 0.6) is 0 Å². The first-order chi connectivity index (χ1) is 9.43. The maximum Gasteiger partial charge on any atom is 0.270 e. The Kier molecular flexibility index (Phi) is 4.36. The molecule has 0 bridgehead atoms. The lowest BCUT2D eigenvalue weighted by Crippen LogP contribution is -2.34. The molecule has 110 valence electrons. The van der Waals surface area contributed by atoms with E-state index >= 15 is 0 Å². The van der Waals surface area contributed by atoms with Crippen LogP contribution in [0.25, 0.3) is 0 Å². The highest BCUT2D eigenvalue weighted by Crippen LogP contribution is 2.25. The third kappa shape index (κ3) is 2.97. The molecule has 1 aromatic rings. The van der Waals surface area contributed by atoms with Gasteiger partial charge in [0, 0.05) is 31.8 Å². The van der Waals surface area contributed by atoms with Crippen LogP contribution in [0.3, 0.4) is 0 Å². The maximum absolute atomic E-state index is 12.6. The largest absolute Gasteiger partial charge is 0.315 e. The Morgan fingerprint density at radius 3 is 2.75 bits per heavy atom. The lowest BCUT2D eigenvalue weighted by molar-refractivity contribution is -0.385. The molecule has 2 rings (SSSR count). The zero-order chi connectivity index (χ0) is 14.8. The Bertz CT molecular complexity index is 607. The van der Waals surface area contributed by atoms with Gasteiger partial charge < -0.3 is 5.32 Å². The number of rotatable bonds is 3. The second kappa shape index (κ2) is 5.86. The molecule has 0 unspecified atom stereocenters. The van der Waals surface area contributed by atoms with E-state index in [0.29, 0.717) is 25.2 Å².